The predicted octanol–water partition coefficient (Wildman–Crippen LogP) is 3.19. The average molecular weight is 352 g/mol. The minimum Gasteiger partial charge on any atom is -0.502 e. The number of phenols is 1. The summed E-state index contributed by atoms with van der Waals surface area (Å²) in [4.78, 5) is 12.4. The molecule has 0 saturated heterocycles. The monoisotopic (exact) mass is 352 g/mol. The number of carbonyl (C=O) groups is 1. The zero-order chi connectivity index (χ0) is 19.1. The van der Waals surface area contributed by atoms with Crippen molar-refractivity contribution in [3.05, 3.63) is 59.2 Å². The van der Waals surface area contributed by atoms with Crippen LogP contribution in [0.25, 0.3) is 6.08 Å². The van der Waals surface area contributed by atoms with Gasteiger partial charge in [-0.3, -0.25) is 4.79 Å². The Morgan fingerprint density at radius 3 is 2.27 bits per heavy atom. The summed E-state index contributed by atoms with van der Waals surface area (Å²) in [5.74, 6) is -0.264. The maximum atomic E-state index is 12.4. The molecule has 0 heterocycles. The van der Waals surface area contributed by atoms with Crippen molar-refractivity contribution in [1.82, 2.24) is 5.32 Å². The number of rotatable bonds is 6. The lowest BCUT2D eigenvalue weighted by molar-refractivity contribution is -0.117. The Kier molecular flexibility index (Phi) is 6.23. The van der Waals surface area contributed by atoms with Crippen molar-refractivity contribution in [3.63, 3.8) is 0 Å². The number of methoxy groups -OCH3 is 2. The predicted molar refractivity (Wildman–Crippen MR) is 97.8 cm³/mol. The molecule has 6 heteroatoms. The van der Waals surface area contributed by atoms with Gasteiger partial charge in [-0.2, -0.15) is 5.26 Å². The Bertz CT molecular complexity index is 829. The Morgan fingerprint density at radius 2 is 1.77 bits per heavy atom. The van der Waals surface area contributed by atoms with Gasteiger partial charge >= 0.3 is 0 Å². The molecule has 2 aromatic rings. The van der Waals surface area contributed by atoms with Crippen LogP contribution in [0.2, 0.25) is 0 Å². The molecule has 0 radical (unpaired) electrons. The second-order valence-electron chi connectivity index (χ2n) is 5.55. The van der Waals surface area contributed by atoms with Crippen LogP contribution in [-0.4, -0.2) is 25.2 Å². The third-order valence-corrected chi connectivity index (χ3v) is 3.83. The van der Waals surface area contributed by atoms with Crippen LogP contribution in [0, 0.1) is 11.3 Å². The van der Waals surface area contributed by atoms with Gasteiger partial charge in [0.2, 0.25) is 5.75 Å². The number of phenolic OH excluding ortho intramolecular Hbond substituents is 1. The quantitative estimate of drug-likeness (QED) is 0.615. The van der Waals surface area contributed by atoms with Crippen molar-refractivity contribution < 1.29 is 19.4 Å². The van der Waals surface area contributed by atoms with Crippen LogP contribution in [0.5, 0.6) is 17.2 Å². The Hall–Kier alpha value is -3.46. The van der Waals surface area contributed by atoms with E-state index in [0.717, 1.165) is 5.56 Å². The normalized spacial score (nSPS) is 12.0. The number of benzene rings is 2. The highest BCUT2D eigenvalue weighted by atomic mass is 16.5. The van der Waals surface area contributed by atoms with Crippen LogP contribution in [0.1, 0.15) is 24.1 Å². The number of nitrogens with zero attached hydrogens (tertiary/aromatic N) is 1. The molecular weight excluding hydrogens is 332 g/mol. The smallest absolute Gasteiger partial charge is 0.262 e. The fourth-order valence-electron chi connectivity index (χ4n) is 2.41. The molecule has 2 aromatic carbocycles. The summed E-state index contributed by atoms with van der Waals surface area (Å²) in [7, 11) is 2.81. The number of nitriles is 1. The first-order chi connectivity index (χ1) is 12.5. The molecule has 0 fully saturated rings. The first-order valence-electron chi connectivity index (χ1n) is 7.92. The van der Waals surface area contributed by atoms with Crippen LogP contribution in [0.4, 0.5) is 0 Å². The van der Waals surface area contributed by atoms with E-state index in [4.69, 9.17) is 9.47 Å². The Balaban J connectivity index is 2.27. The molecule has 0 aliphatic heterocycles. The zero-order valence-electron chi connectivity index (χ0n) is 14.8. The molecule has 26 heavy (non-hydrogen) atoms. The fraction of sp³-hybridized carbons (Fsp3) is 0.200. The van der Waals surface area contributed by atoms with E-state index in [9.17, 15) is 15.2 Å². The van der Waals surface area contributed by atoms with Gasteiger partial charge in [-0.1, -0.05) is 30.3 Å². The Labute approximate surface area is 152 Å². The molecule has 0 aromatic heterocycles. The second-order valence-corrected chi connectivity index (χ2v) is 5.55. The maximum absolute atomic E-state index is 12.4. The zero-order valence-corrected chi connectivity index (χ0v) is 14.8. The lowest BCUT2D eigenvalue weighted by Crippen LogP contribution is -2.27. The summed E-state index contributed by atoms with van der Waals surface area (Å²) in [6.45, 7) is 1.84. The summed E-state index contributed by atoms with van der Waals surface area (Å²) in [5, 5.41) is 22.1. The molecule has 6 nitrogen and oxygen atoms in total. The topological polar surface area (TPSA) is 91.6 Å². The summed E-state index contributed by atoms with van der Waals surface area (Å²) in [6.07, 6.45) is 1.41. The Morgan fingerprint density at radius 1 is 1.19 bits per heavy atom. The van der Waals surface area contributed by atoms with Gasteiger partial charge in [0.25, 0.3) is 5.91 Å². The molecular formula is C20H20N2O4. The van der Waals surface area contributed by atoms with Crippen molar-refractivity contribution in [2.24, 2.45) is 0 Å². The standard InChI is InChI=1S/C20H20N2O4/c1-13(15-7-5-4-6-8-15)22-20(24)16(12-21)9-14-10-17(25-2)19(23)18(11-14)26-3/h4-11,13,23H,1-3H3,(H,22,24)/b16-9+/t13-/m1/s1. The first kappa shape index (κ1) is 18.9. The number of carbonyl (C=O) groups excluding carboxylic acids is 1. The van der Waals surface area contributed by atoms with Gasteiger partial charge in [0.05, 0.1) is 20.3 Å². The molecule has 1 atom stereocenters. The van der Waals surface area contributed by atoms with E-state index in [1.54, 1.807) is 0 Å². The van der Waals surface area contributed by atoms with Gasteiger partial charge < -0.3 is 19.9 Å². The molecule has 2 rings (SSSR count). The summed E-state index contributed by atoms with van der Waals surface area (Å²) < 4.78 is 10.2. The van der Waals surface area contributed by atoms with E-state index in [0.29, 0.717) is 5.56 Å². The largest absolute Gasteiger partial charge is 0.502 e. The third kappa shape index (κ3) is 4.33. The van der Waals surface area contributed by atoms with Gasteiger partial charge in [-0.25, -0.2) is 0 Å². The van der Waals surface area contributed by atoms with E-state index in [1.807, 2.05) is 43.3 Å². The van der Waals surface area contributed by atoms with Crippen molar-refractivity contribution in [2.45, 2.75) is 13.0 Å². The van der Waals surface area contributed by atoms with Gasteiger partial charge in [0, 0.05) is 0 Å². The number of hydrogen-bond acceptors (Lipinski definition) is 5. The van der Waals surface area contributed by atoms with Crippen LogP contribution >= 0.6 is 0 Å². The van der Waals surface area contributed by atoms with Crippen molar-refractivity contribution >= 4 is 12.0 Å². The first-order valence-corrected chi connectivity index (χ1v) is 7.92. The molecule has 134 valence electrons. The van der Waals surface area contributed by atoms with Crippen molar-refractivity contribution in [3.8, 4) is 23.3 Å². The van der Waals surface area contributed by atoms with Crippen LogP contribution in [-0.2, 0) is 4.79 Å². The highest BCUT2D eigenvalue weighted by molar-refractivity contribution is 6.02. The summed E-state index contributed by atoms with van der Waals surface area (Å²) in [6, 6.07) is 14.1. The van der Waals surface area contributed by atoms with Gasteiger partial charge in [0.1, 0.15) is 11.6 Å². The lowest BCUT2D eigenvalue weighted by atomic mass is 10.1. The van der Waals surface area contributed by atoms with E-state index < -0.39 is 5.91 Å². The number of nitrogens with one attached hydrogen (secondary N) is 1. The summed E-state index contributed by atoms with van der Waals surface area (Å²) >= 11 is 0. The van der Waals surface area contributed by atoms with Crippen molar-refractivity contribution in [1.29, 1.82) is 5.26 Å². The molecule has 2 N–H and O–H groups in total. The van der Waals surface area contributed by atoms with E-state index in [-0.39, 0.29) is 28.9 Å². The van der Waals surface area contributed by atoms with Crippen LogP contribution < -0.4 is 14.8 Å². The number of hydrogen-bond donors (Lipinski definition) is 2. The molecule has 0 aliphatic rings. The molecule has 0 unspecified atom stereocenters. The summed E-state index contributed by atoms with van der Waals surface area (Å²) in [5.41, 5.74) is 1.37. The van der Waals surface area contributed by atoms with Gasteiger partial charge in [0.15, 0.2) is 11.5 Å². The second kappa shape index (κ2) is 8.58. The van der Waals surface area contributed by atoms with Gasteiger partial charge in [-0.15, -0.1) is 0 Å². The minimum atomic E-state index is -0.491. The number of ether oxygens (including phenoxy) is 2. The van der Waals surface area contributed by atoms with Gasteiger partial charge in [-0.05, 0) is 36.3 Å². The van der Waals surface area contributed by atoms with Crippen LogP contribution in [0.15, 0.2) is 48.0 Å². The molecule has 0 bridgehead atoms. The van der Waals surface area contributed by atoms with Crippen molar-refractivity contribution in [2.75, 3.05) is 14.2 Å². The fourth-order valence-corrected chi connectivity index (χ4v) is 2.41. The average Bonchev–Trinajstić information content (AvgIpc) is 2.67. The lowest BCUT2D eigenvalue weighted by Gasteiger charge is -2.14. The molecule has 1 amide bonds. The number of amides is 1. The minimum absolute atomic E-state index is 0.0671. The molecule has 0 spiro atoms. The van der Waals surface area contributed by atoms with Crippen LogP contribution in [0.3, 0.4) is 0 Å². The van der Waals surface area contributed by atoms with E-state index >= 15 is 0 Å². The SMILES string of the molecule is COc1cc(/C=C(\C#N)C(=O)N[C@H](C)c2ccccc2)cc(OC)c1O. The highest BCUT2D eigenvalue weighted by Gasteiger charge is 2.15. The molecule has 0 aliphatic carbocycles. The van der Waals surface area contributed by atoms with E-state index in [1.165, 1.54) is 32.4 Å². The van der Waals surface area contributed by atoms with E-state index in [2.05, 4.69) is 5.32 Å². The maximum Gasteiger partial charge on any atom is 0.262 e. The highest BCUT2D eigenvalue weighted by Crippen LogP contribution is 2.37. The number of aromatic hydroxyl groups is 1. The molecule has 0 saturated carbocycles. The third-order valence-electron chi connectivity index (χ3n) is 3.83.